The Labute approximate surface area is 108 Å². The first-order chi connectivity index (χ1) is 9.10. The van der Waals surface area contributed by atoms with Crippen LogP contribution in [0.3, 0.4) is 0 Å². The summed E-state index contributed by atoms with van der Waals surface area (Å²) < 4.78 is 26.2. The average Bonchev–Trinajstić information content (AvgIpc) is 2.42. The number of halogens is 2. The van der Waals surface area contributed by atoms with Gasteiger partial charge in [-0.1, -0.05) is 6.07 Å². The molecule has 0 spiro atoms. The van der Waals surface area contributed by atoms with Crippen LogP contribution in [0.4, 0.5) is 14.5 Å². The molecule has 0 aliphatic carbocycles. The van der Waals surface area contributed by atoms with Gasteiger partial charge in [0, 0.05) is 12.2 Å². The second-order valence-electron chi connectivity index (χ2n) is 3.95. The van der Waals surface area contributed by atoms with Crippen molar-refractivity contribution in [3.05, 3.63) is 59.2 Å². The minimum absolute atomic E-state index is 0.184. The molecule has 2 N–H and O–H groups in total. The topological polar surface area (TPSA) is 56.0 Å². The van der Waals surface area contributed by atoms with Crippen molar-refractivity contribution in [2.75, 3.05) is 5.32 Å². The van der Waals surface area contributed by atoms with E-state index in [1.165, 1.54) is 0 Å². The van der Waals surface area contributed by atoms with Crippen LogP contribution >= 0.6 is 0 Å². The van der Waals surface area contributed by atoms with E-state index in [0.717, 1.165) is 12.1 Å². The highest BCUT2D eigenvalue weighted by atomic mass is 19.1. The van der Waals surface area contributed by atoms with Crippen molar-refractivity contribution in [2.24, 2.45) is 0 Å². The van der Waals surface area contributed by atoms with Gasteiger partial charge in [-0.2, -0.15) is 5.26 Å². The van der Waals surface area contributed by atoms with Crippen LogP contribution in [0.2, 0.25) is 0 Å². The van der Waals surface area contributed by atoms with Gasteiger partial charge in [0.05, 0.1) is 11.6 Å². The molecule has 0 heterocycles. The third-order valence-corrected chi connectivity index (χ3v) is 2.56. The van der Waals surface area contributed by atoms with E-state index < -0.39 is 17.4 Å². The Morgan fingerprint density at radius 2 is 1.84 bits per heavy atom. The summed E-state index contributed by atoms with van der Waals surface area (Å²) in [7, 11) is 0. The quantitative estimate of drug-likeness (QED) is 0.891. The summed E-state index contributed by atoms with van der Waals surface area (Å²) in [4.78, 5) is 0. The summed E-state index contributed by atoms with van der Waals surface area (Å²) in [5.74, 6) is -2.97. The first-order valence-electron chi connectivity index (χ1n) is 5.51. The monoisotopic (exact) mass is 260 g/mol. The fourth-order valence-electron chi connectivity index (χ4n) is 1.62. The molecule has 2 aromatic carbocycles. The summed E-state index contributed by atoms with van der Waals surface area (Å²) in [5.41, 5.74) is 1.52. The summed E-state index contributed by atoms with van der Waals surface area (Å²) in [5, 5.41) is 20.7. The molecule has 96 valence electrons. The van der Waals surface area contributed by atoms with Crippen molar-refractivity contribution in [3.8, 4) is 11.8 Å². The second-order valence-corrected chi connectivity index (χ2v) is 3.95. The van der Waals surface area contributed by atoms with E-state index in [2.05, 4.69) is 5.32 Å². The molecule has 0 amide bonds. The third kappa shape index (κ3) is 2.99. The standard InChI is InChI=1S/C14H10F2N2O/c15-12-5-10(6-13(16)14(12)19)8-18-11-3-1-2-9(4-11)7-17/h1-6,18-19H,8H2. The highest BCUT2D eigenvalue weighted by Gasteiger charge is 2.09. The molecule has 5 heteroatoms. The lowest BCUT2D eigenvalue weighted by atomic mass is 10.1. The van der Waals surface area contributed by atoms with E-state index in [0.29, 0.717) is 16.8 Å². The Bertz CT molecular complexity index is 627. The van der Waals surface area contributed by atoms with Crippen LogP contribution in [0.25, 0.3) is 0 Å². The predicted octanol–water partition coefficient (Wildman–Crippen LogP) is 3.15. The minimum Gasteiger partial charge on any atom is -0.503 e. The number of hydrogen-bond acceptors (Lipinski definition) is 3. The van der Waals surface area contributed by atoms with Gasteiger partial charge in [-0.05, 0) is 35.9 Å². The number of benzene rings is 2. The number of nitrogens with zero attached hydrogens (tertiary/aromatic N) is 1. The number of nitrogens with one attached hydrogen (secondary N) is 1. The molecule has 0 unspecified atom stereocenters. The van der Waals surface area contributed by atoms with Gasteiger partial charge in [-0.15, -0.1) is 0 Å². The summed E-state index contributed by atoms with van der Waals surface area (Å²) in [6, 6.07) is 10.8. The van der Waals surface area contributed by atoms with E-state index in [-0.39, 0.29) is 6.54 Å². The zero-order valence-corrected chi connectivity index (χ0v) is 9.82. The molecule has 0 fully saturated rings. The molecule has 3 nitrogen and oxygen atoms in total. The molecule has 0 radical (unpaired) electrons. The fraction of sp³-hybridized carbons (Fsp3) is 0.0714. The van der Waals surface area contributed by atoms with Gasteiger partial charge < -0.3 is 10.4 Å². The van der Waals surface area contributed by atoms with Crippen LogP contribution in [0.1, 0.15) is 11.1 Å². The number of anilines is 1. The number of hydrogen-bond donors (Lipinski definition) is 2. The molecule has 2 rings (SSSR count). The normalized spacial score (nSPS) is 9.95. The average molecular weight is 260 g/mol. The molecule has 0 saturated carbocycles. The van der Waals surface area contributed by atoms with Crippen LogP contribution in [0, 0.1) is 23.0 Å². The van der Waals surface area contributed by atoms with Crippen molar-refractivity contribution < 1.29 is 13.9 Å². The maximum absolute atomic E-state index is 13.1. The summed E-state index contributed by atoms with van der Waals surface area (Å²) >= 11 is 0. The summed E-state index contributed by atoms with van der Waals surface area (Å²) in [6.45, 7) is 0.184. The van der Waals surface area contributed by atoms with E-state index in [9.17, 15) is 8.78 Å². The van der Waals surface area contributed by atoms with Gasteiger partial charge >= 0.3 is 0 Å². The van der Waals surface area contributed by atoms with E-state index in [1.807, 2.05) is 6.07 Å². The lowest BCUT2D eigenvalue weighted by molar-refractivity contribution is 0.395. The Hall–Kier alpha value is -2.61. The van der Waals surface area contributed by atoms with Crippen molar-refractivity contribution in [1.29, 1.82) is 5.26 Å². The molecule has 0 aromatic heterocycles. The van der Waals surface area contributed by atoms with E-state index in [1.54, 1.807) is 24.3 Å². The fourth-order valence-corrected chi connectivity index (χ4v) is 1.62. The number of phenols is 1. The number of phenolic OH excluding ortho intramolecular Hbond substituents is 1. The third-order valence-electron chi connectivity index (χ3n) is 2.56. The first-order valence-corrected chi connectivity index (χ1v) is 5.51. The zero-order valence-electron chi connectivity index (χ0n) is 9.82. The van der Waals surface area contributed by atoms with Gasteiger partial charge in [0.1, 0.15) is 0 Å². The second kappa shape index (κ2) is 5.36. The molecule has 2 aromatic rings. The molecule has 0 aliphatic rings. The summed E-state index contributed by atoms with van der Waals surface area (Å²) in [6.07, 6.45) is 0. The molecule has 0 bridgehead atoms. The number of nitriles is 1. The van der Waals surface area contributed by atoms with E-state index >= 15 is 0 Å². The van der Waals surface area contributed by atoms with Crippen LogP contribution in [-0.2, 0) is 6.54 Å². The largest absolute Gasteiger partial charge is 0.503 e. The SMILES string of the molecule is N#Cc1cccc(NCc2cc(F)c(O)c(F)c2)c1. The van der Waals surface area contributed by atoms with Crippen LogP contribution < -0.4 is 5.32 Å². The molecular weight excluding hydrogens is 250 g/mol. The van der Waals surface area contributed by atoms with Gasteiger partial charge in [-0.3, -0.25) is 0 Å². The zero-order chi connectivity index (χ0) is 13.8. The smallest absolute Gasteiger partial charge is 0.187 e. The van der Waals surface area contributed by atoms with Crippen molar-refractivity contribution >= 4 is 5.69 Å². The molecule has 0 saturated heterocycles. The predicted molar refractivity (Wildman–Crippen MR) is 66.5 cm³/mol. The van der Waals surface area contributed by atoms with Gasteiger partial charge in [0.15, 0.2) is 17.4 Å². The van der Waals surface area contributed by atoms with Crippen molar-refractivity contribution in [3.63, 3.8) is 0 Å². The number of rotatable bonds is 3. The molecule has 0 aliphatic heterocycles. The lowest BCUT2D eigenvalue weighted by Gasteiger charge is -2.08. The molecule has 0 atom stereocenters. The van der Waals surface area contributed by atoms with Crippen LogP contribution in [0.5, 0.6) is 5.75 Å². The Balaban J connectivity index is 2.12. The van der Waals surface area contributed by atoms with Crippen LogP contribution in [-0.4, -0.2) is 5.11 Å². The van der Waals surface area contributed by atoms with Crippen LogP contribution in [0.15, 0.2) is 36.4 Å². The Morgan fingerprint density at radius 1 is 1.16 bits per heavy atom. The molecular formula is C14H10F2N2O. The van der Waals surface area contributed by atoms with Crippen molar-refractivity contribution in [1.82, 2.24) is 0 Å². The van der Waals surface area contributed by atoms with Crippen molar-refractivity contribution in [2.45, 2.75) is 6.54 Å². The minimum atomic E-state index is -0.998. The highest BCUT2D eigenvalue weighted by Crippen LogP contribution is 2.22. The highest BCUT2D eigenvalue weighted by molar-refractivity contribution is 5.49. The first kappa shape index (κ1) is 12.8. The lowest BCUT2D eigenvalue weighted by Crippen LogP contribution is -2.01. The molecule has 19 heavy (non-hydrogen) atoms. The number of aromatic hydroxyl groups is 1. The maximum Gasteiger partial charge on any atom is 0.187 e. The Kier molecular flexibility index (Phi) is 3.62. The maximum atomic E-state index is 13.1. The van der Waals surface area contributed by atoms with Gasteiger partial charge in [-0.25, -0.2) is 8.78 Å². The Morgan fingerprint density at radius 3 is 2.47 bits per heavy atom. The van der Waals surface area contributed by atoms with E-state index in [4.69, 9.17) is 10.4 Å². The van der Waals surface area contributed by atoms with Gasteiger partial charge in [0.25, 0.3) is 0 Å². The van der Waals surface area contributed by atoms with Gasteiger partial charge in [0.2, 0.25) is 0 Å².